The summed E-state index contributed by atoms with van der Waals surface area (Å²) >= 11 is 0. The molecule has 1 aromatic rings. The van der Waals surface area contributed by atoms with E-state index in [1.807, 2.05) is 17.9 Å². The molecule has 0 amide bonds. The Hall–Kier alpha value is -1.03. The van der Waals surface area contributed by atoms with Crippen LogP contribution in [0.15, 0.2) is 6.20 Å². The van der Waals surface area contributed by atoms with Gasteiger partial charge in [0, 0.05) is 7.05 Å². The summed E-state index contributed by atoms with van der Waals surface area (Å²) in [6.45, 7) is 5.58. The topological polar surface area (TPSA) is 39.1 Å². The molecule has 1 fully saturated rings. The minimum absolute atomic E-state index is 0.347. The molecule has 1 N–H and O–H groups in total. The fourth-order valence-electron chi connectivity index (χ4n) is 2.66. The number of aryl methyl sites for hydroxylation is 1. The summed E-state index contributed by atoms with van der Waals surface area (Å²) in [5.41, 5.74) is 1.19. The molecule has 0 spiro atoms. The first-order chi connectivity index (χ1) is 8.69. The monoisotopic (exact) mass is 251 g/mol. The van der Waals surface area contributed by atoms with Gasteiger partial charge in [0.2, 0.25) is 0 Å². The Kier molecular flexibility index (Phi) is 4.27. The van der Waals surface area contributed by atoms with E-state index in [1.54, 1.807) is 7.11 Å². The van der Waals surface area contributed by atoms with Gasteiger partial charge in [-0.05, 0) is 37.6 Å². The molecular weight excluding hydrogens is 226 g/mol. The van der Waals surface area contributed by atoms with E-state index in [0.29, 0.717) is 12.0 Å². The van der Waals surface area contributed by atoms with E-state index >= 15 is 0 Å². The van der Waals surface area contributed by atoms with Crippen molar-refractivity contribution in [1.29, 1.82) is 0 Å². The van der Waals surface area contributed by atoms with Crippen molar-refractivity contribution >= 4 is 0 Å². The van der Waals surface area contributed by atoms with E-state index in [-0.39, 0.29) is 0 Å². The van der Waals surface area contributed by atoms with Gasteiger partial charge in [-0.25, -0.2) is 0 Å². The van der Waals surface area contributed by atoms with Crippen molar-refractivity contribution in [2.24, 2.45) is 18.9 Å². The third-order valence-corrected chi connectivity index (χ3v) is 3.97. The number of rotatable bonds is 7. The van der Waals surface area contributed by atoms with Crippen molar-refractivity contribution in [3.63, 3.8) is 0 Å². The van der Waals surface area contributed by atoms with Crippen LogP contribution in [0.4, 0.5) is 0 Å². The average Bonchev–Trinajstić information content (AvgIpc) is 3.15. The standard InChI is InChI=1S/C14H25N3O/c1-5-8-15-13(10(2)11-6-7-11)14-12(18-4)9-16-17(14)3/h9-11,13,15H,5-8H2,1-4H3. The van der Waals surface area contributed by atoms with Crippen molar-refractivity contribution in [1.82, 2.24) is 15.1 Å². The van der Waals surface area contributed by atoms with Crippen LogP contribution in [-0.2, 0) is 7.05 Å². The molecule has 18 heavy (non-hydrogen) atoms. The lowest BCUT2D eigenvalue weighted by molar-refractivity contribution is 0.318. The number of hydrogen-bond acceptors (Lipinski definition) is 3. The zero-order valence-electron chi connectivity index (χ0n) is 11.9. The summed E-state index contributed by atoms with van der Waals surface area (Å²) in [5.74, 6) is 2.40. The first kappa shape index (κ1) is 13.4. The number of aromatic nitrogens is 2. The van der Waals surface area contributed by atoms with Gasteiger partial charge < -0.3 is 10.1 Å². The van der Waals surface area contributed by atoms with Crippen LogP contribution < -0.4 is 10.1 Å². The van der Waals surface area contributed by atoms with Crippen LogP contribution in [-0.4, -0.2) is 23.4 Å². The largest absolute Gasteiger partial charge is 0.493 e. The highest BCUT2D eigenvalue weighted by Crippen LogP contribution is 2.44. The summed E-state index contributed by atoms with van der Waals surface area (Å²) in [6.07, 6.45) is 5.70. The highest BCUT2D eigenvalue weighted by Gasteiger charge is 2.36. The first-order valence-electron chi connectivity index (χ1n) is 6.98. The predicted octanol–water partition coefficient (Wildman–Crippen LogP) is 2.52. The molecule has 1 saturated carbocycles. The number of ether oxygens (including phenoxy) is 1. The number of hydrogen-bond donors (Lipinski definition) is 1. The maximum atomic E-state index is 5.45. The molecule has 1 aromatic heterocycles. The van der Waals surface area contributed by atoms with Gasteiger partial charge in [0.05, 0.1) is 25.0 Å². The summed E-state index contributed by atoms with van der Waals surface area (Å²) in [5, 5.41) is 8.00. The van der Waals surface area contributed by atoms with Crippen LogP contribution in [0.1, 0.15) is 44.8 Å². The lowest BCUT2D eigenvalue weighted by Crippen LogP contribution is -2.30. The van der Waals surface area contributed by atoms with Crippen LogP contribution in [0, 0.1) is 11.8 Å². The number of methoxy groups -OCH3 is 1. The fraction of sp³-hybridized carbons (Fsp3) is 0.786. The highest BCUT2D eigenvalue weighted by molar-refractivity contribution is 5.29. The van der Waals surface area contributed by atoms with Gasteiger partial charge in [-0.1, -0.05) is 13.8 Å². The lowest BCUT2D eigenvalue weighted by atomic mass is 9.93. The normalized spacial score (nSPS) is 18.7. The maximum Gasteiger partial charge on any atom is 0.161 e. The van der Waals surface area contributed by atoms with Crippen LogP contribution >= 0.6 is 0 Å². The zero-order valence-corrected chi connectivity index (χ0v) is 11.9. The Labute approximate surface area is 110 Å². The second-order valence-corrected chi connectivity index (χ2v) is 5.35. The lowest BCUT2D eigenvalue weighted by Gasteiger charge is -2.26. The molecule has 1 heterocycles. The van der Waals surface area contributed by atoms with Crippen LogP contribution in [0.25, 0.3) is 0 Å². The van der Waals surface area contributed by atoms with E-state index in [9.17, 15) is 0 Å². The average molecular weight is 251 g/mol. The third-order valence-electron chi connectivity index (χ3n) is 3.97. The molecule has 2 rings (SSSR count). The summed E-state index contributed by atoms with van der Waals surface area (Å²) in [4.78, 5) is 0. The van der Waals surface area contributed by atoms with Crippen molar-refractivity contribution in [3.8, 4) is 5.75 Å². The SMILES string of the molecule is CCCNC(c1c(OC)cnn1C)C(C)C1CC1. The molecule has 0 bridgehead atoms. The van der Waals surface area contributed by atoms with Gasteiger partial charge in [0.15, 0.2) is 5.75 Å². The van der Waals surface area contributed by atoms with Gasteiger partial charge in [0.25, 0.3) is 0 Å². The Balaban J connectivity index is 2.22. The van der Waals surface area contributed by atoms with E-state index in [2.05, 4.69) is 24.3 Å². The van der Waals surface area contributed by atoms with E-state index in [4.69, 9.17) is 4.74 Å². The quantitative estimate of drug-likeness (QED) is 0.809. The summed E-state index contributed by atoms with van der Waals surface area (Å²) in [7, 11) is 3.72. The van der Waals surface area contributed by atoms with Gasteiger partial charge in [-0.3, -0.25) is 4.68 Å². The molecule has 0 radical (unpaired) electrons. The predicted molar refractivity (Wildman–Crippen MR) is 72.7 cm³/mol. The fourth-order valence-corrected chi connectivity index (χ4v) is 2.66. The second kappa shape index (κ2) is 5.74. The van der Waals surface area contributed by atoms with Crippen LogP contribution in [0.5, 0.6) is 5.75 Å². The summed E-state index contributed by atoms with van der Waals surface area (Å²) < 4.78 is 7.40. The van der Waals surface area contributed by atoms with E-state index < -0.39 is 0 Å². The Bertz CT molecular complexity index is 384. The highest BCUT2D eigenvalue weighted by atomic mass is 16.5. The van der Waals surface area contributed by atoms with Crippen molar-refractivity contribution in [3.05, 3.63) is 11.9 Å². The minimum Gasteiger partial charge on any atom is -0.493 e. The van der Waals surface area contributed by atoms with E-state index in [1.165, 1.54) is 18.5 Å². The Morgan fingerprint density at radius 2 is 2.28 bits per heavy atom. The van der Waals surface area contributed by atoms with Crippen molar-refractivity contribution in [2.45, 2.75) is 39.2 Å². The molecule has 0 saturated heterocycles. The number of nitrogens with zero attached hydrogens (tertiary/aromatic N) is 2. The first-order valence-corrected chi connectivity index (χ1v) is 6.98. The Morgan fingerprint density at radius 1 is 1.56 bits per heavy atom. The zero-order chi connectivity index (χ0) is 13.1. The molecule has 0 aliphatic heterocycles. The molecule has 2 atom stereocenters. The molecule has 2 unspecified atom stereocenters. The third kappa shape index (κ3) is 2.69. The maximum absolute atomic E-state index is 5.45. The van der Waals surface area contributed by atoms with Gasteiger partial charge >= 0.3 is 0 Å². The smallest absolute Gasteiger partial charge is 0.161 e. The minimum atomic E-state index is 0.347. The molecule has 0 aromatic carbocycles. The van der Waals surface area contributed by atoms with Crippen LogP contribution in [0.2, 0.25) is 0 Å². The Morgan fingerprint density at radius 3 is 2.83 bits per heavy atom. The second-order valence-electron chi connectivity index (χ2n) is 5.35. The molecule has 1 aliphatic rings. The number of nitrogens with one attached hydrogen (secondary N) is 1. The van der Waals surface area contributed by atoms with E-state index in [0.717, 1.165) is 24.6 Å². The van der Waals surface area contributed by atoms with Gasteiger partial charge in [-0.2, -0.15) is 5.10 Å². The molecular formula is C14H25N3O. The van der Waals surface area contributed by atoms with Crippen LogP contribution in [0.3, 0.4) is 0 Å². The molecule has 1 aliphatic carbocycles. The van der Waals surface area contributed by atoms with Crippen molar-refractivity contribution < 1.29 is 4.74 Å². The summed E-state index contributed by atoms with van der Waals surface area (Å²) in [6, 6.07) is 0.347. The molecule has 102 valence electrons. The molecule has 4 heteroatoms. The molecule has 4 nitrogen and oxygen atoms in total. The van der Waals surface area contributed by atoms with Gasteiger partial charge in [-0.15, -0.1) is 0 Å². The van der Waals surface area contributed by atoms with Crippen molar-refractivity contribution in [2.75, 3.05) is 13.7 Å². The van der Waals surface area contributed by atoms with Gasteiger partial charge in [0.1, 0.15) is 0 Å².